The van der Waals surface area contributed by atoms with Gasteiger partial charge in [0.2, 0.25) is 5.82 Å². The monoisotopic (exact) mass is 474 g/mol. The molecule has 0 spiro atoms. The van der Waals surface area contributed by atoms with Gasteiger partial charge in [-0.25, -0.2) is 10.2 Å². The number of carbonyl (C=O) groups excluding carboxylic acids is 1. The summed E-state index contributed by atoms with van der Waals surface area (Å²) in [6.07, 6.45) is 4.69. The van der Waals surface area contributed by atoms with E-state index in [9.17, 15) is 4.79 Å². The van der Waals surface area contributed by atoms with Gasteiger partial charge in [-0.2, -0.15) is 5.21 Å². The summed E-state index contributed by atoms with van der Waals surface area (Å²) in [6.45, 7) is 7.42. The Morgan fingerprint density at radius 2 is 1.80 bits per heavy atom. The Balaban J connectivity index is 1.64. The van der Waals surface area contributed by atoms with Crippen molar-refractivity contribution in [3.63, 3.8) is 0 Å². The summed E-state index contributed by atoms with van der Waals surface area (Å²) >= 11 is 0. The molecule has 1 aromatic heterocycles. The molecule has 8 nitrogen and oxygen atoms in total. The molecule has 2 N–H and O–H groups in total. The number of esters is 1. The van der Waals surface area contributed by atoms with Gasteiger partial charge < -0.3 is 9.75 Å². The number of hydrogen-bond donors (Lipinski definition) is 2. The number of hydrazine groups is 1. The van der Waals surface area contributed by atoms with Gasteiger partial charge in [-0.15, -0.1) is 10.2 Å². The highest BCUT2D eigenvalue weighted by atomic mass is 16.5. The number of nitrogens with one attached hydrogen (secondary N) is 2. The lowest BCUT2D eigenvalue weighted by Gasteiger charge is -2.24. The number of allylic oxidation sites excluding steroid dienone is 1. The Labute approximate surface area is 206 Å². The van der Waals surface area contributed by atoms with E-state index in [1.165, 1.54) is 0 Å². The van der Waals surface area contributed by atoms with Crippen LogP contribution >= 0.6 is 0 Å². The molecule has 184 valence electrons. The molecule has 3 aromatic rings. The Morgan fingerprint density at radius 1 is 1.03 bits per heavy atom. The molecule has 1 aliphatic rings. The van der Waals surface area contributed by atoms with Gasteiger partial charge in [0.05, 0.1) is 18.2 Å². The van der Waals surface area contributed by atoms with Crippen molar-refractivity contribution in [2.75, 3.05) is 13.2 Å². The number of aromatic amines is 1. The SMILES string of the molecule is CCCCN1NC(CCC)C(C(=O)OCC)=C1Cc1ccc(-c2ccccc2-c2nn[nH]n2)cc1. The summed E-state index contributed by atoms with van der Waals surface area (Å²) in [5.41, 5.74) is 9.56. The van der Waals surface area contributed by atoms with Crippen LogP contribution < -0.4 is 5.43 Å². The summed E-state index contributed by atoms with van der Waals surface area (Å²) in [4.78, 5) is 13.0. The molecule has 0 radical (unpaired) electrons. The van der Waals surface area contributed by atoms with E-state index in [2.05, 4.69) is 75.2 Å². The summed E-state index contributed by atoms with van der Waals surface area (Å²) in [7, 11) is 0. The van der Waals surface area contributed by atoms with E-state index in [1.54, 1.807) is 0 Å². The van der Waals surface area contributed by atoms with Gasteiger partial charge in [-0.1, -0.05) is 75.2 Å². The number of hydrogen-bond acceptors (Lipinski definition) is 7. The van der Waals surface area contributed by atoms with Gasteiger partial charge in [0.25, 0.3) is 0 Å². The summed E-state index contributed by atoms with van der Waals surface area (Å²) in [5.74, 6) is 0.359. The van der Waals surface area contributed by atoms with Crippen molar-refractivity contribution in [1.82, 2.24) is 31.1 Å². The Morgan fingerprint density at radius 3 is 2.46 bits per heavy atom. The molecule has 0 aliphatic carbocycles. The second-order valence-electron chi connectivity index (χ2n) is 8.71. The van der Waals surface area contributed by atoms with Crippen LogP contribution in [0.2, 0.25) is 0 Å². The molecule has 8 heteroatoms. The molecule has 0 saturated carbocycles. The minimum absolute atomic E-state index is 0.00739. The van der Waals surface area contributed by atoms with Crippen molar-refractivity contribution in [3.05, 3.63) is 65.4 Å². The zero-order valence-corrected chi connectivity index (χ0v) is 20.8. The van der Waals surface area contributed by atoms with Crippen LogP contribution in [-0.2, 0) is 16.0 Å². The standard InChI is InChI=1S/C27H34N6O2/c1-4-7-17-33-24(25(27(34)35-6-3)23(30-33)10-5-2)18-19-13-15-20(16-14-19)21-11-8-9-12-22(21)26-28-31-32-29-26/h8-9,11-16,23,30H,4-7,10,17-18H2,1-3H3,(H,28,29,31,32). The number of H-pyrrole nitrogens is 1. The molecular weight excluding hydrogens is 440 g/mol. The predicted molar refractivity (Wildman–Crippen MR) is 136 cm³/mol. The van der Waals surface area contributed by atoms with Crippen molar-refractivity contribution in [2.45, 2.75) is 58.9 Å². The average molecular weight is 475 g/mol. The summed E-state index contributed by atoms with van der Waals surface area (Å²) in [6, 6.07) is 16.5. The number of rotatable bonds is 11. The smallest absolute Gasteiger partial charge is 0.337 e. The van der Waals surface area contributed by atoms with Gasteiger partial charge in [0.15, 0.2) is 0 Å². The van der Waals surface area contributed by atoms with Crippen molar-refractivity contribution in [3.8, 4) is 22.5 Å². The number of tetrazole rings is 1. The van der Waals surface area contributed by atoms with Gasteiger partial charge in [0, 0.05) is 24.2 Å². The first-order valence-electron chi connectivity index (χ1n) is 12.5. The first kappa shape index (κ1) is 24.6. The van der Waals surface area contributed by atoms with Crippen LogP contribution in [0.4, 0.5) is 0 Å². The second-order valence-corrected chi connectivity index (χ2v) is 8.71. The first-order valence-corrected chi connectivity index (χ1v) is 12.5. The maximum Gasteiger partial charge on any atom is 0.337 e. The van der Waals surface area contributed by atoms with Crippen LogP contribution in [0.1, 0.15) is 52.0 Å². The predicted octanol–water partition coefficient (Wildman–Crippen LogP) is 4.68. The fraction of sp³-hybridized carbons (Fsp3) is 0.407. The number of benzene rings is 2. The Hall–Kier alpha value is -3.52. The molecule has 35 heavy (non-hydrogen) atoms. The first-order chi connectivity index (χ1) is 17.2. The number of carbonyl (C=O) groups is 1. The number of unbranched alkanes of at least 4 members (excludes halogenated alkanes) is 1. The molecule has 1 aliphatic heterocycles. The van der Waals surface area contributed by atoms with E-state index in [0.717, 1.165) is 65.8 Å². The molecular formula is C27H34N6O2. The Bertz CT molecular complexity index is 1140. The highest BCUT2D eigenvalue weighted by Crippen LogP contribution is 2.32. The minimum Gasteiger partial charge on any atom is -0.463 e. The lowest BCUT2D eigenvalue weighted by molar-refractivity contribution is -0.138. The maximum atomic E-state index is 13.0. The molecule has 0 saturated heterocycles. The molecule has 2 aromatic carbocycles. The lowest BCUT2D eigenvalue weighted by Crippen LogP contribution is -2.39. The minimum atomic E-state index is -0.210. The number of nitrogens with zero attached hydrogens (tertiary/aromatic N) is 4. The van der Waals surface area contributed by atoms with Crippen LogP contribution in [0.15, 0.2) is 59.8 Å². The third-order valence-electron chi connectivity index (χ3n) is 6.25. The quantitative estimate of drug-likeness (QED) is 0.390. The van der Waals surface area contributed by atoms with E-state index in [1.807, 2.05) is 25.1 Å². The van der Waals surface area contributed by atoms with Gasteiger partial charge >= 0.3 is 5.97 Å². The Kier molecular flexibility index (Phi) is 8.26. The van der Waals surface area contributed by atoms with E-state index in [4.69, 9.17) is 4.74 Å². The van der Waals surface area contributed by atoms with E-state index < -0.39 is 0 Å². The van der Waals surface area contributed by atoms with Gasteiger partial charge in [-0.05, 0) is 41.7 Å². The van der Waals surface area contributed by atoms with Crippen LogP contribution in [0.5, 0.6) is 0 Å². The van der Waals surface area contributed by atoms with Crippen molar-refractivity contribution in [1.29, 1.82) is 0 Å². The van der Waals surface area contributed by atoms with Crippen LogP contribution in [0.25, 0.3) is 22.5 Å². The zero-order chi connectivity index (χ0) is 24.6. The molecule has 1 atom stereocenters. The van der Waals surface area contributed by atoms with Gasteiger partial charge in [0.1, 0.15) is 0 Å². The fourth-order valence-corrected chi connectivity index (χ4v) is 4.55. The second kappa shape index (κ2) is 11.8. The highest BCUT2D eigenvalue weighted by molar-refractivity contribution is 5.91. The lowest BCUT2D eigenvalue weighted by atomic mass is 9.96. The molecule has 0 bridgehead atoms. The molecule has 0 fully saturated rings. The molecule has 0 amide bonds. The van der Waals surface area contributed by atoms with E-state index >= 15 is 0 Å². The molecule has 1 unspecified atom stereocenters. The van der Waals surface area contributed by atoms with Gasteiger partial charge in [-0.3, -0.25) is 0 Å². The fourth-order valence-electron chi connectivity index (χ4n) is 4.55. The number of ether oxygens (including phenoxy) is 1. The zero-order valence-electron chi connectivity index (χ0n) is 20.8. The van der Waals surface area contributed by atoms with E-state index in [-0.39, 0.29) is 12.0 Å². The molecule has 2 heterocycles. The van der Waals surface area contributed by atoms with Crippen molar-refractivity contribution >= 4 is 5.97 Å². The average Bonchev–Trinajstić information content (AvgIpc) is 3.52. The number of aromatic nitrogens is 4. The van der Waals surface area contributed by atoms with Crippen LogP contribution in [0, 0.1) is 0 Å². The van der Waals surface area contributed by atoms with Crippen LogP contribution in [0.3, 0.4) is 0 Å². The topological polar surface area (TPSA) is 96.0 Å². The highest BCUT2D eigenvalue weighted by Gasteiger charge is 2.35. The summed E-state index contributed by atoms with van der Waals surface area (Å²) in [5, 5.41) is 16.7. The third-order valence-corrected chi connectivity index (χ3v) is 6.25. The van der Waals surface area contributed by atoms with E-state index in [0.29, 0.717) is 18.9 Å². The normalized spacial score (nSPS) is 15.6. The third kappa shape index (κ3) is 5.59. The maximum absolute atomic E-state index is 13.0. The molecule has 4 rings (SSSR count). The summed E-state index contributed by atoms with van der Waals surface area (Å²) < 4.78 is 5.47. The van der Waals surface area contributed by atoms with Crippen molar-refractivity contribution < 1.29 is 9.53 Å². The van der Waals surface area contributed by atoms with Crippen molar-refractivity contribution in [2.24, 2.45) is 0 Å². The largest absolute Gasteiger partial charge is 0.463 e. The van der Waals surface area contributed by atoms with Crippen LogP contribution in [-0.4, -0.2) is 50.8 Å².